The Labute approximate surface area is 147 Å². The van der Waals surface area contributed by atoms with E-state index >= 15 is 0 Å². The van der Waals surface area contributed by atoms with Crippen molar-refractivity contribution in [3.8, 4) is 0 Å². The maximum atomic E-state index is 11.1. The number of quaternary nitrogens is 2. The zero-order valence-electron chi connectivity index (χ0n) is 16.2. The fourth-order valence-electron chi connectivity index (χ4n) is 2.43. The molecule has 0 aromatic heterocycles. The third-order valence-corrected chi connectivity index (χ3v) is 4.73. The average Bonchev–Trinajstić information content (AvgIpc) is 2.48. The minimum Gasteiger partial charge on any atom is -0.457 e. The van der Waals surface area contributed by atoms with Gasteiger partial charge >= 0.3 is 5.97 Å². The number of esters is 1. The van der Waals surface area contributed by atoms with E-state index in [0.717, 1.165) is 28.6 Å². The molecule has 0 spiro atoms. The van der Waals surface area contributed by atoms with Crippen LogP contribution in [0.15, 0.2) is 36.9 Å². The molecule has 0 fully saturated rings. The van der Waals surface area contributed by atoms with Crippen molar-refractivity contribution in [3.05, 3.63) is 48.0 Å². The van der Waals surface area contributed by atoms with Crippen LogP contribution in [0, 0.1) is 0 Å². The number of rotatable bonds is 9. The first-order chi connectivity index (χ1) is 11.1. The highest BCUT2D eigenvalue weighted by atomic mass is 16.5. The lowest BCUT2D eigenvalue weighted by Gasteiger charge is -2.34. The van der Waals surface area contributed by atoms with E-state index in [0.29, 0.717) is 12.6 Å². The van der Waals surface area contributed by atoms with Crippen LogP contribution in [-0.2, 0) is 22.6 Å². The van der Waals surface area contributed by atoms with E-state index in [2.05, 4.69) is 72.9 Å². The van der Waals surface area contributed by atoms with Gasteiger partial charge < -0.3 is 13.7 Å². The number of benzene rings is 1. The first-order valence-electron chi connectivity index (χ1n) is 8.57. The summed E-state index contributed by atoms with van der Waals surface area (Å²) in [6.07, 6.45) is 1.20. The summed E-state index contributed by atoms with van der Waals surface area (Å²) in [5.41, 5.74) is 2.66. The van der Waals surface area contributed by atoms with Crippen molar-refractivity contribution in [1.29, 1.82) is 0 Å². The van der Waals surface area contributed by atoms with Gasteiger partial charge in [0.2, 0.25) is 0 Å². The highest BCUT2D eigenvalue weighted by Gasteiger charge is 2.21. The van der Waals surface area contributed by atoms with Crippen LogP contribution >= 0.6 is 0 Å². The van der Waals surface area contributed by atoms with Crippen LogP contribution in [0.1, 0.15) is 25.0 Å². The highest BCUT2D eigenvalue weighted by Crippen LogP contribution is 2.16. The number of hydrogen-bond donors (Lipinski definition) is 0. The lowest BCUT2D eigenvalue weighted by molar-refractivity contribution is -0.924. The Bertz CT molecular complexity index is 545. The van der Waals surface area contributed by atoms with Gasteiger partial charge in [0, 0.05) is 17.2 Å². The van der Waals surface area contributed by atoms with Crippen molar-refractivity contribution in [2.45, 2.75) is 33.0 Å². The lowest BCUT2D eigenvalue weighted by Crippen LogP contribution is -2.44. The summed E-state index contributed by atoms with van der Waals surface area (Å²) in [5.74, 6) is -0.356. The van der Waals surface area contributed by atoms with Gasteiger partial charge in [-0.15, -0.1) is 0 Å². The number of carbonyl (C=O) groups excluding carboxylic acids is 1. The summed E-state index contributed by atoms with van der Waals surface area (Å²) in [7, 11) is 8.83. The van der Waals surface area contributed by atoms with Crippen LogP contribution in [-0.4, -0.2) is 62.3 Å². The molecule has 0 saturated carbocycles. The summed E-state index contributed by atoms with van der Waals surface area (Å²) < 4.78 is 6.84. The van der Waals surface area contributed by atoms with E-state index in [9.17, 15) is 4.79 Å². The predicted molar refractivity (Wildman–Crippen MR) is 99.2 cm³/mol. The van der Waals surface area contributed by atoms with Crippen molar-refractivity contribution in [2.24, 2.45) is 0 Å². The first-order valence-corrected chi connectivity index (χ1v) is 8.57. The van der Waals surface area contributed by atoms with Gasteiger partial charge in [0.15, 0.2) is 0 Å². The second-order valence-electron chi connectivity index (χ2n) is 8.04. The van der Waals surface area contributed by atoms with Gasteiger partial charge in [-0.1, -0.05) is 30.8 Å². The molecular formula is C20H34N2O2+2. The quantitative estimate of drug-likeness (QED) is 0.394. The first kappa shape index (κ1) is 20.4. The molecule has 0 aliphatic rings. The molecule has 1 aromatic carbocycles. The molecule has 0 aliphatic carbocycles. The zero-order valence-corrected chi connectivity index (χ0v) is 16.2. The predicted octanol–water partition coefficient (Wildman–Crippen LogP) is 2.98. The third-order valence-electron chi connectivity index (χ3n) is 4.73. The molecule has 0 amide bonds. The second-order valence-corrected chi connectivity index (χ2v) is 8.04. The van der Waals surface area contributed by atoms with Crippen molar-refractivity contribution in [1.82, 2.24) is 0 Å². The van der Waals surface area contributed by atoms with Gasteiger partial charge in [-0.05, 0) is 13.8 Å². The van der Waals surface area contributed by atoms with Crippen molar-refractivity contribution in [3.63, 3.8) is 0 Å². The summed E-state index contributed by atoms with van der Waals surface area (Å²) in [5, 5.41) is 0. The number of ether oxygens (including phenoxy) is 1. The Morgan fingerprint density at radius 2 is 1.58 bits per heavy atom. The molecule has 0 unspecified atom stereocenters. The molecule has 24 heavy (non-hydrogen) atoms. The van der Waals surface area contributed by atoms with E-state index in [4.69, 9.17) is 4.74 Å². The molecule has 0 N–H and O–H groups in total. The van der Waals surface area contributed by atoms with E-state index in [1.165, 1.54) is 17.2 Å². The van der Waals surface area contributed by atoms with E-state index in [-0.39, 0.29) is 5.97 Å². The summed E-state index contributed by atoms with van der Waals surface area (Å²) in [6, 6.07) is 9.49. The summed E-state index contributed by atoms with van der Waals surface area (Å²) in [4.78, 5) is 11.1. The summed E-state index contributed by atoms with van der Waals surface area (Å²) in [6.45, 7) is 11.1. The molecular weight excluding hydrogens is 300 g/mol. The molecule has 1 rings (SSSR count). The molecule has 0 aliphatic heterocycles. The number of carbonyl (C=O) groups is 1. The number of likely N-dealkylation sites (N-methyl/N-ethyl adjacent to an activating group) is 1. The van der Waals surface area contributed by atoms with Gasteiger partial charge in [0.1, 0.15) is 26.2 Å². The van der Waals surface area contributed by atoms with Crippen molar-refractivity contribution >= 4 is 5.97 Å². The molecule has 0 saturated heterocycles. The molecule has 134 valence electrons. The normalized spacial score (nSPS) is 12.3. The van der Waals surface area contributed by atoms with Crippen LogP contribution < -0.4 is 0 Å². The van der Waals surface area contributed by atoms with Crippen molar-refractivity contribution < 1.29 is 18.5 Å². The number of hydrogen-bond acceptors (Lipinski definition) is 2. The Morgan fingerprint density at radius 1 is 1.08 bits per heavy atom. The molecule has 0 heterocycles. The van der Waals surface area contributed by atoms with Gasteiger partial charge in [-0.2, -0.15) is 0 Å². The van der Waals surface area contributed by atoms with Crippen LogP contribution in [0.4, 0.5) is 0 Å². The monoisotopic (exact) mass is 334 g/mol. The Kier molecular flexibility index (Phi) is 7.18. The Balaban J connectivity index is 2.59. The maximum absolute atomic E-state index is 11.1. The molecule has 4 heteroatoms. The Hall–Kier alpha value is -1.65. The zero-order chi connectivity index (χ0) is 18.4. The SMILES string of the molecule is C=CC(=O)OCC[N+](C)(C)Cc1ccc(C[N+](C)(C)C(C)C)cc1. The van der Waals surface area contributed by atoms with Crippen LogP contribution in [0.25, 0.3) is 0 Å². The van der Waals surface area contributed by atoms with E-state index in [1.807, 2.05) is 0 Å². The standard InChI is InChI=1S/C20H34N2O2/c1-8-20(23)24-14-13-21(4,5)15-18-9-11-19(12-10-18)16-22(6,7)17(2)3/h8-12,17H,1,13-16H2,2-7H3/q+2. The van der Waals surface area contributed by atoms with E-state index < -0.39 is 0 Å². The molecule has 0 radical (unpaired) electrons. The third kappa shape index (κ3) is 6.85. The minimum absolute atomic E-state index is 0.356. The van der Waals surface area contributed by atoms with Crippen LogP contribution in [0.5, 0.6) is 0 Å². The largest absolute Gasteiger partial charge is 0.457 e. The van der Waals surface area contributed by atoms with Crippen molar-refractivity contribution in [2.75, 3.05) is 41.3 Å². The number of nitrogens with zero attached hydrogens (tertiary/aromatic N) is 2. The van der Waals surface area contributed by atoms with Crippen LogP contribution in [0.3, 0.4) is 0 Å². The average molecular weight is 335 g/mol. The topological polar surface area (TPSA) is 26.3 Å². The smallest absolute Gasteiger partial charge is 0.330 e. The molecule has 0 bridgehead atoms. The fourth-order valence-corrected chi connectivity index (χ4v) is 2.43. The molecule has 0 atom stereocenters. The van der Waals surface area contributed by atoms with Gasteiger partial charge in [-0.3, -0.25) is 0 Å². The van der Waals surface area contributed by atoms with Crippen LogP contribution in [0.2, 0.25) is 0 Å². The fraction of sp³-hybridized carbons (Fsp3) is 0.550. The van der Waals surface area contributed by atoms with E-state index in [1.54, 1.807) is 0 Å². The molecule has 4 nitrogen and oxygen atoms in total. The highest BCUT2D eigenvalue weighted by molar-refractivity contribution is 5.81. The maximum Gasteiger partial charge on any atom is 0.330 e. The second kappa shape index (κ2) is 8.45. The lowest BCUT2D eigenvalue weighted by atomic mass is 10.1. The van der Waals surface area contributed by atoms with Gasteiger partial charge in [-0.25, -0.2) is 4.79 Å². The van der Waals surface area contributed by atoms with Gasteiger partial charge in [0.25, 0.3) is 0 Å². The summed E-state index contributed by atoms with van der Waals surface area (Å²) >= 11 is 0. The van der Waals surface area contributed by atoms with Gasteiger partial charge in [0.05, 0.1) is 34.2 Å². The minimum atomic E-state index is -0.356. The Morgan fingerprint density at radius 3 is 2.04 bits per heavy atom. The molecule has 1 aromatic rings.